The Bertz CT molecular complexity index is 1240. The van der Waals surface area contributed by atoms with Crippen molar-refractivity contribution in [2.75, 3.05) is 17.3 Å². The van der Waals surface area contributed by atoms with Crippen LogP contribution in [0.1, 0.15) is 19.4 Å². The molecular formula is C26H23N3O. The molecule has 0 aliphatic carbocycles. The summed E-state index contributed by atoms with van der Waals surface area (Å²) in [6.45, 7) is 4.30. The van der Waals surface area contributed by atoms with Gasteiger partial charge >= 0.3 is 0 Å². The highest BCUT2D eigenvalue weighted by Crippen LogP contribution is 2.46. The molecule has 0 aromatic heterocycles. The number of nitriles is 1. The molecule has 0 bridgehead atoms. The normalized spacial score (nSPS) is 16.4. The Morgan fingerprint density at radius 1 is 1.03 bits per heavy atom. The zero-order chi connectivity index (χ0) is 21.3. The molecule has 4 heteroatoms. The van der Waals surface area contributed by atoms with E-state index in [9.17, 15) is 10.1 Å². The highest BCUT2D eigenvalue weighted by atomic mass is 16.1. The number of likely N-dealkylation sites (N-methyl/N-ethyl adjacent to an activating group) is 1. The second-order valence-corrected chi connectivity index (χ2v) is 7.93. The van der Waals surface area contributed by atoms with Crippen molar-refractivity contribution in [2.24, 2.45) is 0 Å². The van der Waals surface area contributed by atoms with Crippen molar-refractivity contribution >= 4 is 28.1 Å². The maximum Gasteiger partial charge on any atom is 0.266 e. The van der Waals surface area contributed by atoms with Crippen molar-refractivity contribution in [3.05, 3.63) is 95.7 Å². The van der Waals surface area contributed by atoms with Crippen molar-refractivity contribution in [3.63, 3.8) is 0 Å². The molecular weight excluding hydrogens is 370 g/mol. The lowest BCUT2D eigenvalue weighted by Crippen LogP contribution is -2.22. The number of benzene rings is 3. The number of para-hydroxylation sites is 1. The van der Waals surface area contributed by atoms with Crippen LogP contribution in [0, 0.1) is 11.3 Å². The van der Waals surface area contributed by atoms with Gasteiger partial charge in [0, 0.05) is 34.9 Å². The summed E-state index contributed by atoms with van der Waals surface area (Å²) in [7, 11) is 2.01. The number of amides is 1. The molecule has 4 nitrogen and oxygen atoms in total. The van der Waals surface area contributed by atoms with E-state index in [-0.39, 0.29) is 11.0 Å². The van der Waals surface area contributed by atoms with Gasteiger partial charge in [0.1, 0.15) is 11.6 Å². The molecule has 1 heterocycles. The molecule has 1 aliphatic heterocycles. The van der Waals surface area contributed by atoms with E-state index < -0.39 is 5.91 Å². The van der Waals surface area contributed by atoms with E-state index in [0.717, 1.165) is 22.2 Å². The maximum atomic E-state index is 12.8. The van der Waals surface area contributed by atoms with Crippen molar-refractivity contribution in [3.8, 4) is 6.07 Å². The van der Waals surface area contributed by atoms with E-state index in [2.05, 4.69) is 36.2 Å². The van der Waals surface area contributed by atoms with Gasteiger partial charge in [0.05, 0.1) is 0 Å². The zero-order valence-corrected chi connectivity index (χ0v) is 17.3. The number of allylic oxidation sites excluding steroid dienone is 3. The summed E-state index contributed by atoms with van der Waals surface area (Å²) in [4.78, 5) is 14.9. The van der Waals surface area contributed by atoms with Gasteiger partial charge in [-0.05, 0) is 35.2 Å². The number of carbonyl (C=O) groups is 1. The topological polar surface area (TPSA) is 56.1 Å². The minimum atomic E-state index is -0.415. The predicted octanol–water partition coefficient (Wildman–Crippen LogP) is 5.54. The van der Waals surface area contributed by atoms with Gasteiger partial charge in [0.15, 0.2) is 0 Å². The second kappa shape index (κ2) is 7.53. The Kier molecular flexibility index (Phi) is 4.89. The van der Waals surface area contributed by atoms with Gasteiger partial charge in [-0.15, -0.1) is 0 Å². The summed E-state index contributed by atoms with van der Waals surface area (Å²) in [6.07, 6.45) is 3.49. The fourth-order valence-corrected chi connectivity index (χ4v) is 4.15. The molecule has 148 valence electrons. The quantitative estimate of drug-likeness (QED) is 0.469. The summed E-state index contributed by atoms with van der Waals surface area (Å²) in [5.41, 5.74) is 3.95. The molecule has 1 aliphatic rings. The van der Waals surface area contributed by atoms with Crippen LogP contribution >= 0.6 is 0 Å². The van der Waals surface area contributed by atoms with Gasteiger partial charge in [-0.1, -0.05) is 68.4 Å². The number of fused-ring (bicyclic) bond motifs is 2. The van der Waals surface area contributed by atoms with Gasteiger partial charge < -0.3 is 10.2 Å². The third kappa shape index (κ3) is 3.25. The molecule has 0 unspecified atom stereocenters. The Balaban J connectivity index is 1.64. The summed E-state index contributed by atoms with van der Waals surface area (Å²) >= 11 is 0. The van der Waals surface area contributed by atoms with Crippen LogP contribution in [0.25, 0.3) is 10.8 Å². The Hall–Kier alpha value is -3.84. The minimum absolute atomic E-state index is 0.0654. The van der Waals surface area contributed by atoms with Crippen LogP contribution < -0.4 is 10.2 Å². The summed E-state index contributed by atoms with van der Waals surface area (Å²) in [5, 5.41) is 14.5. The number of nitrogens with zero attached hydrogens (tertiary/aromatic N) is 2. The Morgan fingerprint density at radius 2 is 1.73 bits per heavy atom. The average Bonchev–Trinajstić information content (AvgIpc) is 2.95. The van der Waals surface area contributed by atoms with E-state index in [0.29, 0.717) is 5.69 Å². The predicted molar refractivity (Wildman–Crippen MR) is 122 cm³/mol. The van der Waals surface area contributed by atoms with E-state index >= 15 is 0 Å². The number of rotatable bonds is 3. The van der Waals surface area contributed by atoms with Gasteiger partial charge in [-0.25, -0.2) is 0 Å². The maximum absolute atomic E-state index is 12.8. The SMILES string of the molecule is CN1/C(=C\C=C(\C#N)C(=O)Nc2cccc3ccccc23)C(C)(C)c2ccccc21. The molecule has 0 atom stereocenters. The first-order valence-electron chi connectivity index (χ1n) is 9.88. The van der Waals surface area contributed by atoms with Crippen LogP contribution in [-0.2, 0) is 10.2 Å². The van der Waals surface area contributed by atoms with E-state index in [4.69, 9.17) is 0 Å². The molecule has 1 amide bonds. The third-order valence-corrected chi connectivity index (χ3v) is 5.75. The number of hydrogen-bond donors (Lipinski definition) is 1. The van der Waals surface area contributed by atoms with Gasteiger partial charge in [0.2, 0.25) is 0 Å². The monoisotopic (exact) mass is 393 g/mol. The van der Waals surface area contributed by atoms with Crippen molar-refractivity contribution in [2.45, 2.75) is 19.3 Å². The second-order valence-electron chi connectivity index (χ2n) is 7.93. The fraction of sp³-hybridized carbons (Fsp3) is 0.154. The lowest BCUT2D eigenvalue weighted by Gasteiger charge is -2.23. The average molecular weight is 393 g/mol. The largest absolute Gasteiger partial charge is 0.347 e. The lowest BCUT2D eigenvalue weighted by molar-refractivity contribution is -0.112. The van der Waals surface area contributed by atoms with Crippen LogP contribution in [-0.4, -0.2) is 13.0 Å². The van der Waals surface area contributed by atoms with Gasteiger partial charge in [0.25, 0.3) is 5.91 Å². The van der Waals surface area contributed by atoms with Crippen molar-refractivity contribution in [1.29, 1.82) is 5.26 Å². The Morgan fingerprint density at radius 3 is 2.50 bits per heavy atom. The van der Waals surface area contributed by atoms with Crippen molar-refractivity contribution < 1.29 is 4.79 Å². The van der Waals surface area contributed by atoms with Crippen LogP contribution in [0.2, 0.25) is 0 Å². The number of anilines is 2. The van der Waals surface area contributed by atoms with Crippen molar-refractivity contribution in [1.82, 2.24) is 0 Å². The number of carbonyl (C=O) groups excluding carboxylic acids is 1. The molecule has 30 heavy (non-hydrogen) atoms. The molecule has 1 N–H and O–H groups in total. The molecule has 3 aromatic rings. The smallest absolute Gasteiger partial charge is 0.266 e. The lowest BCUT2D eigenvalue weighted by atomic mass is 9.83. The molecule has 0 fully saturated rings. The highest BCUT2D eigenvalue weighted by Gasteiger charge is 2.37. The van der Waals surface area contributed by atoms with Crippen LogP contribution in [0.15, 0.2) is 90.2 Å². The first kappa shape index (κ1) is 19.5. The summed E-state index contributed by atoms with van der Waals surface area (Å²) in [5.74, 6) is -0.415. The third-order valence-electron chi connectivity index (χ3n) is 5.75. The zero-order valence-electron chi connectivity index (χ0n) is 17.3. The van der Waals surface area contributed by atoms with E-state index in [1.54, 1.807) is 6.08 Å². The molecule has 0 spiro atoms. The number of nitrogens with one attached hydrogen (secondary N) is 1. The fourth-order valence-electron chi connectivity index (χ4n) is 4.15. The van der Waals surface area contributed by atoms with E-state index in [1.165, 1.54) is 5.56 Å². The van der Waals surface area contributed by atoms with Crippen LogP contribution in [0.5, 0.6) is 0 Å². The molecule has 4 rings (SSSR count). The molecule has 0 saturated carbocycles. The molecule has 3 aromatic carbocycles. The standard InChI is InChI=1S/C26H23N3O/c1-26(2)21-12-6-7-14-23(21)29(3)24(26)16-15-19(17-27)25(30)28-22-13-8-10-18-9-4-5-11-20(18)22/h4-16H,1-3H3,(H,28,30)/b19-15-,24-16-. The first-order valence-corrected chi connectivity index (χ1v) is 9.88. The highest BCUT2D eigenvalue weighted by molar-refractivity contribution is 6.10. The van der Waals surface area contributed by atoms with Crippen LogP contribution in [0.3, 0.4) is 0 Å². The molecule has 0 radical (unpaired) electrons. The first-order chi connectivity index (χ1) is 14.4. The summed E-state index contributed by atoms with van der Waals surface area (Å²) < 4.78 is 0. The Labute approximate surface area is 176 Å². The minimum Gasteiger partial charge on any atom is -0.347 e. The van der Waals surface area contributed by atoms with Gasteiger partial charge in [-0.2, -0.15) is 5.26 Å². The van der Waals surface area contributed by atoms with E-state index in [1.807, 2.05) is 73.8 Å². The number of hydrogen-bond acceptors (Lipinski definition) is 3. The molecule has 0 saturated heterocycles. The summed E-state index contributed by atoms with van der Waals surface area (Å²) in [6, 6.07) is 23.9. The van der Waals surface area contributed by atoms with Crippen LogP contribution in [0.4, 0.5) is 11.4 Å². The van der Waals surface area contributed by atoms with Gasteiger partial charge in [-0.3, -0.25) is 4.79 Å².